The van der Waals surface area contributed by atoms with Crippen LogP contribution in [0.3, 0.4) is 0 Å². The normalized spacial score (nSPS) is 20.0. The summed E-state index contributed by atoms with van der Waals surface area (Å²) in [6.07, 6.45) is 4.19. The quantitative estimate of drug-likeness (QED) is 0.262. The van der Waals surface area contributed by atoms with Crippen LogP contribution < -0.4 is 10.6 Å². The number of nitrogens with two attached hydrogens (primary N) is 1. The fourth-order valence-corrected chi connectivity index (χ4v) is 4.27. The minimum atomic E-state index is 0. The summed E-state index contributed by atoms with van der Waals surface area (Å²) in [6, 6.07) is 0. The predicted molar refractivity (Wildman–Crippen MR) is 126 cm³/mol. The molecular formula is C18H34IN7S. The van der Waals surface area contributed by atoms with E-state index in [1.165, 1.54) is 45.7 Å². The van der Waals surface area contributed by atoms with Crippen molar-refractivity contribution in [3.8, 4) is 0 Å². The molecule has 1 aromatic rings. The number of hydrogen-bond donors (Lipinski definition) is 1. The van der Waals surface area contributed by atoms with Crippen molar-refractivity contribution in [3.63, 3.8) is 0 Å². The van der Waals surface area contributed by atoms with Crippen molar-refractivity contribution in [3.05, 3.63) is 11.6 Å². The summed E-state index contributed by atoms with van der Waals surface area (Å²) in [6.45, 7) is 14.1. The van der Waals surface area contributed by atoms with Gasteiger partial charge in [-0.3, -0.25) is 4.99 Å². The van der Waals surface area contributed by atoms with Gasteiger partial charge in [0.2, 0.25) is 0 Å². The van der Waals surface area contributed by atoms with E-state index in [2.05, 4.69) is 36.5 Å². The summed E-state index contributed by atoms with van der Waals surface area (Å²) < 4.78 is 0. The molecule has 1 aromatic heterocycles. The minimum absolute atomic E-state index is 0. The molecule has 0 aliphatic carbocycles. The third-order valence-electron chi connectivity index (χ3n) is 5.36. The SMILES string of the molecule is CCN1CCN(CCCCN=C(N)N2CCN(c3nccs3)CC2)CC1.I. The van der Waals surface area contributed by atoms with Crippen LogP contribution in [-0.2, 0) is 0 Å². The second-order valence-corrected chi connectivity index (χ2v) is 7.88. The Balaban J connectivity index is 0.00000261. The minimum Gasteiger partial charge on any atom is -0.370 e. The maximum atomic E-state index is 6.20. The van der Waals surface area contributed by atoms with Gasteiger partial charge in [-0.1, -0.05) is 6.92 Å². The molecule has 0 atom stereocenters. The maximum Gasteiger partial charge on any atom is 0.191 e. The Morgan fingerprint density at radius 3 is 2.41 bits per heavy atom. The predicted octanol–water partition coefficient (Wildman–Crippen LogP) is 1.62. The second-order valence-electron chi connectivity index (χ2n) is 7.01. The van der Waals surface area contributed by atoms with Crippen molar-refractivity contribution in [2.75, 3.05) is 76.9 Å². The number of anilines is 1. The second kappa shape index (κ2) is 12.0. The van der Waals surface area contributed by atoms with E-state index in [1.807, 2.05) is 11.6 Å². The first-order valence-electron chi connectivity index (χ1n) is 9.90. The summed E-state index contributed by atoms with van der Waals surface area (Å²) in [5.74, 6) is 0.709. The third kappa shape index (κ3) is 7.03. The molecule has 2 saturated heterocycles. The summed E-state index contributed by atoms with van der Waals surface area (Å²) >= 11 is 1.70. The molecule has 9 heteroatoms. The molecular weight excluding hydrogens is 473 g/mol. The molecule has 0 radical (unpaired) electrons. The highest BCUT2D eigenvalue weighted by Crippen LogP contribution is 2.18. The Labute approximate surface area is 184 Å². The fraction of sp³-hybridized carbons (Fsp3) is 0.778. The molecule has 2 N–H and O–H groups in total. The van der Waals surface area contributed by atoms with Crippen molar-refractivity contribution >= 4 is 46.4 Å². The lowest BCUT2D eigenvalue weighted by atomic mass is 10.2. The van der Waals surface area contributed by atoms with Crippen molar-refractivity contribution in [1.82, 2.24) is 19.7 Å². The first-order chi connectivity index (χ1) is 12.8. The van der Waals surface area contributed by atoms with E-state index in [9.17, 15) is 0 Å². The number of nitrogens with zero attached hydrogens (tertiary/aromatic N) is 6. The lowest BCUT2D eigenvalue weighted by Gasteiger charge is -2.35. The van der Waals surface area contributed by atoms with Gasteiger partial charge in [-0.25, -0.2) is 4.98 Å². The van der Waals surface area contributed by atoms with Gasteiger partial charge in [0.15, 0.2) is 11.1 Å². The van der Waals surface area contributed by atoms with Crippen molar-refractivity contribution in [1.29, 1.82) is 0 Å². The Hall–Kier alpha value is -0.650. The lowest BCUT2D eigenvalue weighted by Crippen LogP contribution is -2.51. The Morgan fingerprint density at radius 1 is 1.07 bits per heavy atom. The molecule has 2 fully saturated rings. The molecule has 3 rings (SSSR count). The molecule has 0 saturated carbocycles. The summed E-state index contributed by atoms with van der Waals surface area (Å²) in [5.41, 5.74) is 6.20. The zero-order chi connectivity index (χ0) is 18.2. The fourth-order valence-electron chi connectivity index (χ4n) is 3.57. The highest BCUT2D eigenvalue weighted by atomic mass is 127. The average molecular weight is 507 g/mol. The van der Waals surface area contributed by atoms with Gasteiger partial charge in [0.05, 0.1) is 0 Å². The van der Waals surface area contributed by atoms with Crippen LogP contribution in [0.2, 0.25) is 0 Å². The van der Waals surface area contributed by atoms with Crippen LogP contribution in [0.4, 0.5) is 5.13 Å². The zero-order valence-corrected chi connectivity index (χ0v) is 19.6. The summed E-state index contributed by atoms with van der Waals surface area (Å²) in [7, 11) is 0. The molecule has 0 amide bonds. The van der Waals surface area contributed by atoms with Gasteiger partial charge in [-0.2, -0.15) is 0 Å². The van der Waals surface area contributed by atoms with Gasteiger partial charge in [0.25, 0.3) is 0 Å². The molecule has 0 bridgehead atoms. The van der Waals surface area contributed by atoms with Gasteiger partial charge in [0.1, 0.15) is 0 Å². The van der Waals surface area contributed by atoms with Crippen LogP contribution in [0.5, 0.6) is 0 Å². The number of hydrogen-bond acceptors (Lipinski definition) is 6. The molecule has 3 heterocycles. The van der Waals surface area contributed by atoms with Crippen LogP contribution in [-0.4, -0.2) is 97.6 Å². The lowest BCUT2D eigenvalue weighted by molar-refractivity contribution is 0.136. The Kier molecular flexibility index (Phi) is 10.1. The highest BCUT2D eigenvalue weighted by molar-refractivity contribution is 14.0. The Morgan fingerprint density at radius 2 is 1.78 bits per heavy atom. The molecule has 0 spiro atoms. The number of unbranched alkanes of at least 4 members (excludes halogenated alkanes) is 1. The molecule has 154 valence electrons. The highest BCUT2D eigenvalue weighted by Gasteiger charge is 2.19. The van der Waals surface area contributed by atoms with Gasteiger partial charge in [-0.05, 0) is 25.9 Å². The van der Waals surface area contributed by atoms with Crippen LogP contribution in [0, 0.1) is 0 Å². The molecule has 0 aromatic carbocycles. The van der Waals surface area contributed by atoms with E-state index in [0.717, 1.165) is 44.3 Å². The van der Waals surface area contributed by atoms with Crippen molar-refractivity contribution in [2.24, 2.45) is 10.7 Å². The van der Waals surface area contributed by atoms with Crippen molar-refractivity contribution in [2.45, 2.75) is 19.8 Å². The first-order valence-corrected chi connectivity index (χ1v) is 10.8. The van der Waals surface area contributed by atoms with E-state index in [4.69, 9.17) is 5.73 Å². The van der Waals surface area contributed by atoms with E-state index in [-0.39, 0.29) is 24.0 Å². The van der Waals surface area contributed by atoms with Gasteiger partial charge >= 0.3 is 0 Å². The number of thiazole rings is 1. The van der Waals surface area contributed by atoms with Crippen LogP contribution in [0.25, 0.3) is 0 Å². The first kappa shape index (κ1) is 22.6. The molecule has 0 unspecified atom stereocenters. The Bertz CT molecular complexity index is 538. The number of likely N-dealkylation sites (N-methyl/N-ethyl adjacent to an activating group) is 1. The van der Waals surface area contributed by atoms with Crippen LogP contribution in [0.1, 0.15) is 19.8 Å². The standard InChI is InChI=1S/C18H33N7S.HI/c1-2-22-8-10-23(11-9-22)7-4-3-5-20-17(19)24-12-14-25(15-13-24)18-21-6-16-26-18;/h6,16H,2-5,7-15H2,1H3,(H2,19,20);1H. The molecule has 27 heavy (non-hydrogen) atoms. The number of aliphatic imine (C=N–C) groups is 1. The molecule has 2 aliphatic heterocycles. The molecule has 2 aliphatic rings. The average Bonchev–Trinajstić information content (AvgIpc) is 3.23. The van der Waals surface area contributed by atoms with Gasteiger partial charge in [0, 0.05) is 70.5 Å². The van der Waals surface area contributed by atoms with E-state index in [1.54, 1.807) is 11.3 Å². The van der Waals surface area contributed by atoms with Crippen LogP contribution >= 0.6 is 35.3 Å². The number of halogens is 1. The number of aromatic nitrogens is 1. The monoisotopic (exact) mass is 507 g/mol. The number of rotatable bonds is 7. The summed E-state index contributed by atoms with van der Waals surface area (Å²) in [4.78, 5) is 18.6. The van der Waals surface area contributed by atoms with Crippen LogP contribution in [0.15, 0.2) is 16.6 Å². The number of guanidine groups is 1. The smallest absolute Gasteiger partial charge is 0.191 e. The van der Waals surface area contributed by atoms with E-state index >= 15 is 0 Å². The number of piperazine rings is 2. The maximum absolute atomic E-state index is 6.20. The van der Waals surface area contributed by atoms with E-state index < -0.39 is 0 Å². The van der Waals surface area contributed by atoms with E-state index in [0.29, 0.717) is 5.96 Å². The van der Waals surface area contributed by atoms with Crippen molar-refractivity contribution < 1.29 is 0 Å². The van der Waals surface area contributed by atoms with Gasteiger partial charge in [-0.15, -0.1) is 35.3 Å². The molecule has 7 nitrogen and oxygen atoms in total. The largest absolute Gasteiger partial charge is 0.370 e. The summed E-state index contributed by atoms with van der Waals surface area (Å²) in [5, 5.41) is 3.14. The van der Waals surface area contributed by atoms with Gasteiger partial charge < -0.3 is 25.3 Å². The zero-order valence-electron chi connectivity index (χ0n) is 16.4. The topological polar surface area (TPSA) is 64.2 Å². The third-order valence-corrected chi connectivity index (χ3v) is 6.19.